The minimum Gasteiger partial charge on any atom is -0.479 e. The maximum atomic E-state index is 11.8. The monoisotopic (exact) mass is 357 g/mol. The molecule has 1 unspecified atom stereocenters. The van der Waals surface area contributed by atoms with Crippen LogP contribution in [0.5, 0.6) is 11.5 Å². The Morgan fingerprint density at radius 1 is 1.43 bits per heavy atom. The molecule has 1 aliphatic rings. The summed E-state index contributed by atoms with van der Waals surface area (Å²) in [5, 5.41) is 9.53. The van der Waals surface area contributed by atoms with E-state index >= 15 is 0 Å². The Morgan fingerprint density at radius 2 is 2.14 bits per heavy atom. The largest absolute Gasteiger partial charge is 0.479 e. The fraction of sp³-hybridized carbons (Fsp3) is 0.429. The van der Waals surface area contributed by atoms with E-state index in [2.05, 4.69) is 15.9 Å². The zero-order chi connectivity index (χ0) is 15.6. The molecule has 1 atom stereocenters. The Labute approximate surface area is 130 Å². The van der Waals surface area contributed by atoms with Crippen molar-refractivity contribution in [3.63, 3.8) is 0 Å². The van der Waals surface area contributed by atoms with Gasteiger partial charge in [-0.25, -0.2) is 4.79 Å². The summed E-state index contributed by atoms with van der Waals surface area (Å²) >= 11 is 3.34. The predicted octanol–water partition coefficient (Wildman–Crippen LogP) is 2.56. The van der Waals surface area contributed by atoms with Crippen molar-refractivity contribution >= 4 is 27.8 Å². The molecule has 0 aromatic heterocycles. The molecule has 1 aromatic carbocycles. The predicted molar refractivity (Wildman–Crippen MR) is 78.3 cm³/mol. The van der Waals surface area contributed by atoms with Gasteiger partial charge in [0.25, 0.3) is 0 Å². The van der Waals surface area contributed by atoms with Gasteiger partial charge in [-0.3, -0.25) is 4.79 Å². The highest BCUT2D eigenvalue weighted by atomic mass is 79.9. The first-order valence-corrected chi connectivity index (χ1v) is 7.34. The second kappa shape index (κ2) is 6.34. The standard InChI is InChI=1S/C14H16BrNO5/c1-3-4-16(8(2)17)12(14(18)19)9-5-10(15)13-11(6-9)20-7-21-13/h5-6,12H,3-4,7H2,1-2H3,(H,18,19). The number of carbonyl (C=O) groups is 2. The van der Waals surface area contributed by atoms with Crippen molar-refractivity contribution in [2.24, 2.45) is 0 Å². The van der Waals surface area contributed by atoms with Crippen molar-refractivity contribution < 1.29 is 24.2 Å². The normalized spacial score (nSPS) is 13.9. The third-order valence-corrected chi connectivity index (χ3v) is 3.77. The molecule has 1 N–H and O–H groups in total. The molecule has 1 amide bonds. The van der Waals surface area contributed by atoms with Crippen molar-refractivity contribution in [1.82, 2.24) is 4.90 Å². The molecule has 0 saturated heterocycles. The van der Waals surface area contributed by atoms with Crippen LogP contribution in [-0.4, -0.2) is 35.2 Å². The Balaban J connectivity index is 2.45. The van der Waals surface area contributed by atoms with Crippen LogP contribution in [0, 0.1) is 0 Å². The van der Waals surface area contributed by atoms with Crippen molar-refractivity contribution in [3.05, 3.63) is 22.2 Å². The van der Waals surface area contributed by atoms with E-state index in [4.69, 9.17) is 9.47 Å². The Kier molecular flexibility index (Phi) is 4.72. The van der Waals surface area contributed by atoms with Crippen molar-refractivity contribution in [3.8, 4) is 11.5 Å². The molecule has 0 saturated carbocycles. The van der Waals surface area contributed by atoms with Crippen LogP contribution in [0.15, 0.2) is 16.6 Å². The van der Waals surface area contributed by atoms with Crippen molar-refractivity contribution in [2.45, 2.75) is 26.3 Å². The van der Waals surface area contributed by atoms with Crippen LogP contribution in [0.3, 0.4) is 0 Å². The van der Waals surface area contributed by atoms with E-state index in [1.54, 1.807) is 12.1 Å². The highest BCUT2D eigenvalue weighted by Gasteiger charge is 2.31. The van der Waals surface area contributed by atoms with Gasteiger partial charge in [-0.15, -0.1) is 0 Å². The molecule has 1 heterocycles. The van der Waals surface area contributed by atoms with E-state index < -0.39 is 12.0 Å². The Morgan fingerprint density at radius 3 is 2.71 bits per heavy atom. The van der Waals surface area contributed by atoms with Gasteiger partial charge >= 0.3 is 5.97 Å². The number of aliphatic carboxylic acids is 1. The molecule has 0 bridgehead atoms. The van der Waals surface area contributed by atoms with Gasteiger partial charge in [0.15, 0.2) is 17.5 Å². The van der Waals surface area contributed by atoms with Crippen molar-refractivity contribution in [2.75, 3.05) is 13.3 Å². The zero-order valence-electron chi connectivity index (χ0n) is 11.8. The Hall–Kier alpha value is -1.76. The number of fused-ring (bicyclic) bond motifs is 1. The van der Waals surface area contributed by atoms with E-state index in [1.807, 2.05) is 6.92 Å². The lowest BCUT2D eigenvalue weighted by Gasteiger charge is -2.28. The molecular formula is C14H16BrNO5. The van der Waals surface area contributed by atoms with Gasteiger partial charge in [0.2, 0.25) is 12.7 Å². The molecule has 0 fully saturated rings. The second-order valence-electron chi connectivity index (χ2n) is 4.69. The molecule has 114 valence electrons. The zero-order valence-corrected chi connectivity index (χ0v) is 13.3. The van der Waals surface area contributed by atoms with E-state index in [0.29, 0.717) is 34.5 Å². The summed E-state index contributed by atoms with van der Waals surface area (Å²) in [6.45, 7) is 3.73. The number of carboxylic acids is 1. The average Bonchev–Trinajstić information content (AvgIpc) is 2.86. The first-order valence-electron chi connectivity index (χ1n) is 6.54. The molecule has 6 nitrogen and oxygen atoms in total. The van der Waals surface area contributed by atoms with Crippen LogP contribution in [0.25, 0.3) is 0 Å². The molecular weight excluding hydrogens is 342 g/mol. The van der Waals surface area contributed by atoms with Gasteiger partial charge in [0.1, 0.15) is 0 Å². The fourth-order valence-corrected chi connectivity index (χ4v) is 2.88. The van der Waals surface area contributed by atoms with E-state index in [-0.39, 0.29) is 12.7 Å². The summed E-state index contributed by atoms with van der Waals surface area (Å²) in [4.78, 5) is 24.8. The number of nitrogens with zero attached hydrogens (tertiary/aromatic N) is 1. The number of rotatable bonds is 5. The van der Waals surface area contributed by atoms with Crippen molar-refractivity contribution in [1.29, 1.82) is 0 Å². The quantitative estimate of drug-likeness (QED) is 0.876. The van der Waals surface area contributed by atoms with Crippen LogP contribution in [0.2, 0.25) is 0 Å². The lowest BCUT2D eigenvalue weighted by atomic mass is 10.0. The van der Waals surface area contributed by atoms with Crippen LogP contribution in [0.4, 0.5) is 0 Å². The van der Waals surface area contributed by atoms with E-state index in [9.17, 15) is 14.7 Å². The minimum absolute atomic E-state index is 0.0977. The number of benzene rings is 1. The van der Waals surface area contributed by atoms with Gasteiger partial charge < -0.3 is 19.5 Å². The summed E-state index contributed by atoms with van der Waals surface area (Å²) in [7, 11) is 0. The van der Waals surface area contributed by atoms with Gasteiger partial charge in [0, 0.05) is 13.5 Å². The lowest BCUT2D eigenvalue weighted by molar-refractivity contribution is -0.149. The number of hydrogen-bond acceptors (Lipinski definition) is 4. The maximum absolute atomic E-state index is 11.8. The van der Waals surface area contributed by atoms with E-state index in [1.165, 1.54) is 11.8 Å². The summed E-state index contributed by atoms with van der Waals surface area (Å²) in [5.74, 6) is -0.333. The van der Waals surface area contributed by atoms with Gasteiger partial charge in [-0.2, -0.15) is 0 Å². The molecule has 0 aliphatic carbocycles. The number of halogens is 1. The summed E-state index contributed by atoms with van der Waals surface area (Å²) in [6.07, 6.45) is 0.676. The summed E-state index contributed by atoms with van der Waals surface area (Å²) in [5.41, 5.74) is 0.474. The highest BCUT2D eigenvalue weighted by molar-refractivity contribution is 9.10. The molecule has 2 rings (SSSR count). The first-order chi connectivity index (χ1) is 9.95. The number of carboxylic acid groups (broad SMARTS) is 1. The Bertz CT molecular complexity index is 575. The third-order valence-electron chi connectivity index (χ3n) is 3.18. The van der Waals surface area contributed by atoms with Gasteiger partial charge in [-0.05, 0) is 40.0 Å². The third kappa shape index (κ3) is 3.12. The SMILES string of the molecule is CCCN(C(C)=O)C(C(=O)O)c1cc(Br)c2c(c1)OCO2. The van der Waals surface area contributed by atoms with Crippen LogP contribution in [-0.2, 0) is 9.59 Å². The van der Waals surface area contributed by atoms with E-state index in [0.717, 1.165) is 0 Å². The number of ether oxygens (including phenoxy) is 2. The molecule has 0 radical (unpaired) electrons. The van der Waals surface area contributed by atoms with Crippen LogP contribution in [0.1, 0.15) is 31.9 Å². The van der Waals surface area contributed by atoms with Gasteiger partial charge in [0.05, 0.1) is 4.47 Å². The van der Waals surface area contributed by atoms with Gasteiger partial charge in [-0.1, -0.05) is 6.92 Å². The summed E-state index contributed by atoms with van der Waals surface area (Å²) < 4.78 is 11.2. The number of hydrogen-bond donors (Lipinski definition) is 1. The lowest BCUT2D eigenvalue weighted by Crippen LogP contribution is -2.38. The second-order valence-corrected chi connectivity index (χ2v) is 5.54. The fourth-order valence-electron chi connectivity index (χ4n) is 2.31. The van der Waals surface area contributed by atoms with Crippen LogP contribution < -0.4 is 9.47 Å². The smallest absolute Gasteiger partial charge is 0.331 e. The minimum atomic E-state index is -1.08. The molecule has 7 heteroatoms. The topological polar surface area (TPSA) is 76.1 Å². The first kappa shape index (κ1) is 15.6. The molecule has 1 aliphatic heterocycles. The highest BCUT2D eigenvalue weighted by Crippen LogP contribution is 2.42. The maximum Gasteiger partial charge on any atom is 0.331 e. The number of carbonyl (C=O) groups excluding carboxylic acids is 1. The molecule has 0 spiro atoms. The number of amides is 1. The molecule has 1 aromatic rings. The average molecular weight is 358 g/mol. The summed E-state index contributed by atoms with van der Waals surface area (Å²) in [6, 6.07) is 2.21. The molecule has 21 heavy (non-hydrogen) atoms. The van der Waals surface area contributed by atoms with Crippen LogP contribution >= 0.6 is 15.9 Å².